The minimum atomic E-state index is 0.374. The molecule has 1 aromatic heterocycles. The molecule has 114 valence electrons. The van der Waals surface area contributed by atoms with E-state index in [0.717, 1.165) is 50.8 Å². The summed E-state index contributed by atoms with van der Waals surface area (Å²) in [5.74, 6) is 2.52. The van der Waals surface area contributed by atoms with Gasteiger partial charge in [-0.1, -0.05) is 27.7 Å². The van der Waals surface area contributed by atoms with Crippen LogP contribution in [-0.2, 0) is 6.42 Å². The van der Waals surface area contributed by atoms with Gasteiger partial charge in [-0.05, 0) is 30.7 Å². The van der Waals surface area contributed by atoms with Gasteiger partial charge in [-0.2, -0.15) is 4.98 Å². The largest absolute Gasteiger partial charge is 0.338 e. The Morgan fingerprint density at radius 1 is 1.25 bits per heavy atom. The average Bonchev–Trinajstić information content (AvgIpc) is 2.61. The van der Waals surface area contributed by atoms with E-state index in [1.807, 2.05) is 0 Å². The minimum Gasteiger partial charge on any atom is -0.338 e. The van der Waals surface area contributed by atoms with Gasteiger partial charge in [0, 0.05) is 26.1 Å². The summed E-state index contributed by atoms with van der Waals surface area (Å²) in [5, 5.41) is 10.9. The van der Waals surface area contributed by atoms with Crippen LogP contribution in [0.3, 0.4) is 0 Å². The molecule has 1 aliphatic heterocycles. The van der Waals surface area contributed by atoms with E-state index in [2.05, 4.69) is 53.1 Å². The van der Waals surface area contributed by atoms with Crippen LogP contribution < -0.4 is 10.2 Å². The Morgan fingerprint density at radius 2 is 2.05 bits per heavy atom. The van der Waals surface area contributed by atoms with Crippen molar-refractivity contribution in [1.82, 2.24) is 20.5 Å². The standard InChI is InChI=1S/C15H29N5/c1-12(11-15(2,3)4)10-13-17-14(19-18-13)20-8-5-6-16-7-9-20/h12,16H,5-11H2,1-4H3,(H,17,18,19). The molecule has 2 N–H and O–H groups in total. The van der Waals surface area contributed by atoms with E-state index >= 15 is 0 Å². The second-order valence-electron chi connectivity index (χ2n) is 7.25. The number of nitrogens with one attached hydrogen (secondary N) is 2. The second kappa shape index (κ2) is 6.57. The topological polar surface area (TPSA) is 56.8 Å². The maximum Gasteiger partial charge on any atom is 0.244 e. The number of H-pyrrole nitrogens is 1. The van der Waals surface area contributed by atoms with Crippen molar-refractivity contribution in [2.75, 3.05) is 31.1 Å². The highest BCUT2D eigenvalue weighted by atomic mass is 15.4. The molecular weight excluding hydrogens is 250 g/mol. The monoisotopic (exact) mass is 279 g/mol. The summed E-state index contributed by atoms with van der Waals surface area (Å²) < 4.78 is 0. The molecule has 0 amide bonds. The van der Waals surface area contributed by atoms with Crippen LogP contribution in [0.15, 0.2) is 0 Å². The molecule has 20 heavy (non-hydrogen) atoms. The molecule has 1 atom stereocenters. The van der Waals surface area contributed by atoms with Crippen LogP contribution >= 0.6 is 0 Å². The molecule has 1 aliphatic rings. The van der Waals surface area contributed by atoms with E-state index in [1.54, 1.807) is 0 Å². The van der Waals surface area contributed by atoms with Gasteiger partial charge in [0.25, 0.3) is 0 Å². The fraction of sp³-hybridized carbons (Fsp3) is 0.867. The molecule has 5 heteroatoms. The SMILES string of the molecule is CC(Cc1nc(N2CCCNCC2)n[nH]1)CC(C)(C)C. The van der Waals surface area contributed by atoms with Crippen molar-refractivity contribution in [3.63, 3.8) is 0 Å². The molecule has 0 spiro atoms. The molecule has 0 aliphatic carbocycles. The summed E-state index contributed by atoms with van der Waals surface area (Å²) in [5.41, 5.74) is 0.374. The van der Waals surface area contributed by atoms with Crippen molar-refractivity contribution in [3.05, 3.63) is 5.82 Å². The first-order valence-corrected chi connectivity index (χ1v) is 7.81. The Labute approximate surface area is 122 Å². The number of aromatic amines is 1. The predicted molar refractivity (Wildman–Crippen MR) is 83.0 cm³/mol. The lowest BCUT2D eigenvalue weighted by molar-refractivity contribution is 0.304. The molecule has 1 aromatic rings. The lowest BCUT2D eigenvalue weighted by Gasteiger charge is -2.22. The first-order valence-electron chi connectivity index (χ1n) is 7.81. The van der Waals surface area contributed by atoms with E-state index in [-0.39, 0.29) is 0 Å². The number of anilines is 1. The van der Waals surface area contributed by atoms with Gasteiger partial charge in [-0.15, -0.1) is 5.10 Å². The zero-order chi connectivity index (χ0) is 14.6. The zero-order valence-electron chi connectivity index (χ0n) is 13.4. The molecule has 2 heterocycles. The van der Waals surface area contributed by atoms with Gasteiger partial charge < -0.3 is 10.2 Å². The fourth-order valence-electron chi connectivity index (χ4n) is 3.01. The number of nitrogens with zero attached hydrogens (tertiary/aromatic N) is 3. The van der Waals surface area contributed by atoms with Gasteiger partial charge in [0.1, 0.15) is 5.82 Å². The van der Waals surface area contributed by atoms with Crippen LogP contribution in [0.2, 0.25) is 0 Å². The van der Waals surface area contributed by atoms with Crippen molar-refractivity contribution < 1.29 is 0 Å². The molecule has 0 bridgehead atoms. The van der Waals surface area contributed by atoms with Crippen LogP contribution in [0.5, 0.6) is 0 Å². The van der Waals surface area contributed by atoms with Crippen molar-refractivity contribution in [2.24, 2.45) is 11.3 Å². The van der Waals surface area contributed by atoms with Gasteiger partial charge >= 0.3 is 0 Å². The molecule has 1 fully saturated rings. The van der Waals surface area contributed by atoms with Gasteiger partial charge in [-0.25, -0.2) is 0 Å². The van der Waals surface area contributed by atoms with E-state index < -0.39 is 0 Å². The predicted octanol–water partition coefficient (Wildman–Crippen LogP) is 2.22. The molecule has 0 radical (unpaired) electrons. The third-order valence-corrected chi connectivity index (χ3v) is 3.65. The lowest BCUT2D eigenvalue weighted by atomic mass is 9.84. The van der Waals surface area contributed by atoms with E-state index in [4.69, 9.17) is 0 Å². The van der Waals surface area contributed by atoms with Crippen LogP contribution in [0.4, 0.5) is 5.95 Å². The minimum absolute atomic E-state index is 0.374. The number of aromatic nitrogens is 3. The van der Waals surface area contributed by atoms with Gasteiger partial charge in [0.2, 0.25) is 5.95 Å². The Balaban J connectivity index is 1.91. The fourth-order valence-corrected chi connectivity index (χ4v) is 3.01. The van der Waals surface area contributed by atoms with Crippen LogP contribution in [0.1, 0.15) is 46.4 Å². The number of rotatable bonds is 4. The van der Waals surface area contributed by atoms with Gasteiger partial charge in [-0.3, -0.25) is 5.10 Å². The Hall–Kier alpha value is -1.10. The summed E-state index contributed by atoms with van der Waals surface area (Å²) in [7, 11) is 0. The van der Waals surface area contributed by atoms with E-state index in [0.29, 0.717) is 11.3 Å². The number of hydrogen-bond donors (Lipinski definition) is 2. The Morgan fingerprint density at radius 3 is 2.80 bits per heavy atom. The third kappa shape index (κ3) is 4.78. The average molecular weight is 279 g/mol. The zero-order valence-corrected chi connectivity index (χ0v) is 13.4. The maximum absolute atomic E-state index is 4.68. The molecule has 0 aromatic carbocycles. The second-order valence-corrected chi connectivity index (χ2v) is 7.25. The quantitative estimate of drug-likeness (QED) is 0.887. The Kier molecular flexibility index (Phi) is 5.02. The normalized spacial score (nSPS) is 18.9. The first-order chi connectivity index (χ1) is 9.44. The van der Waals surface area contributed by atoms with Gasteiger partial charge in [0.05, 0.1) is 0 Å². The highest BCUT2D eigenvalue weighted by molar-refractivity contribution is 5.28. The van der Waals surface area contributed by atoms with Crippen LogP contribution in [-0.4, -0.2) is 41.4 Å². The smallest absolute Gasteiger partial charge is 0.244 e. The molecule has 2 rings (SSSR count). The third-order valence-electron chi connectivity index (χ3n) is 3.65. The molecular formula is C15H29N5. The van der Waals surface area contributed by atoms with Crippen molar-refractivity contribution in [2.45, 2.75) is 47.0 Å². The summed E-state index contributed by atoms with van der Waals surface area (Å²) in [6, 6.07) is 0. The lowest BCUT2D eigenvalue weighted by Crippen LogP contribution is -2.28. The summed E-state index contributed by atoms with van der Waals surface area (Å²) >= 11 is 0. The van der Waals surface area contributed by atoms with E-state index in [1.165, 1.54) is 6.42 Å². The molecule has 1 saturated heterocycles. The first kappa shape index (κ1) is 15.3. The van der Waals surface area contributed by atoms with Crippen molar-refractivity contribution in [3.8, 4) is 0 Å². The summed E-state index contributed by atoms with van der Waals surface area (Å²) in [4.78, 5) is 6.95. The Bertz CT molecular complexity index is 399. The number of hydrogen-bond acceptors (Lipinski definition) is 4. The molecule has 0 saturated carbocycles. The summed E-state index contributed by atoms with van der Waals surface area (Å²) in [6.07, 6.45) is 3.34. The highest BCUT2D eigenvalue weighted by Gasteiger charge is 2.18. The van der Waals surface area contributed by atoms with Crippen LogP contribution in [0, 0.1) is 11.3 Å². The maximum atomic E-state index is 4.68. The van der Waals surface area contributed by atoms with Crippen LogP contribution in [0.25, 0.3) is 0 Å². The molecule has 1 unspecified atom stereocenters. The van der Waals surface area contributed by atoms with Gasteiger partial charge in [0.15, 0.2) is 0 Å². The van der Waals surface area contributed by atoms with Crippen molar-refractivity contribution >= 4 is 5.95 Å². The van der Waals surface area contributed by atoms with Crippen molar-refractivity contribution in [1.29, 1.82) is 0 Å². The van der Waals surface area contributed by atoms with E-state index in [9.17, 15) is 0 Å². The molecule has 5 nitrogen and oxygen atoms in total. The highest BCUT2D eigenvalue weighted by Crippen LogP contribution is 2.25. The summed E-state index contributed by atoms with van der Waals surface area (Å²) in [6.45, 7) is 13.3.